The third-order valence-electron chi connectivity index (χ3n) is 2.87. The highest BCUT2D eigenvalue weighted by molar-refractivity contribution is 7.99. The van der Waals surface area contributed by atoms with E-state index in [1.165, 1.54) is 4.88 Å². The van der Waals surface area contributed by atoms with E-state index in [0.717, 1.165) is 40.6 Å². The smallest absolute Gasteiger partial charge is 0.161 e. The topological polar surface area (TPSA) is 35.0 Å². The monoisotopic (exact) mass is 300 g/mol. The lowest BCUT2D eigenvalue weighted by molar-refractivity contribution is 0.0697. The van der Waals surface area contributed by atoms with E-state index in [0.29, 0.717) is 5.15 Å². The molecular weight excluding hydrogens is 288 g/mol. The molecule has 1 saturated heterocycles. The van der Waals surface area contributed by atoms with Crippen molar-refractivity contribution < 1.29 is 4.74 Å². The molecule has 0 saturated carbocycles. The predicted octanol–water partition coefficient (Wildman–Crippen LogP) is 3.71. The Bertz CT molecular complexity index is 566. The van der Waals surface area contributed by atoms with Gasteiger partial charge >= 0.3 is 0 Å². The molecule has 0 spiro atoms. The molecule has 0 aromatic carbocycles. The zero-order valence-electron chi connectivity index (χ0n) is 9.98. The third-order valence-corrected chi connectivity index (χ3v) is 5.32. The lowest BCUT2D eigenvalue weighted by atomic mass is 10.3. The van der Waals surface area contributed by atoms with Crippen molar-refractivity contribution in [1.29, 1.82) is 0 Å². The van der Waals surface area contributed by atoms with E-state index in [9.17, 15) is 0 Å². The molecule has 0 N–H and O–H groups in total. The summed E-state index contributed by atoms with van der Waals surface area (Å²) >= 11 is 9.81. The molecule has 3 heterocycles. The van der Waals surface area contributed by atoms with E-state index < -0.39 is 0 Å². The largest absolute Gasteiger partial charge is 0.368 e. The maximum Gasteiger partial charge on any atom is 0.161 e. The summed E-state index contributed by atoms with van der Waals surface area (Å²) in [4.78, 5) is 11.3. The maximum absolute atomic E-state index is 6.24. The van der Waals surface area contributed by atoms with E-state index in [1.807, 2.05) is 11.8 Å². The van der Waals surface area contributed by atoms with Crippen molar-refractivity contribution in [3.63, 3.8) is 0 Å². The molecule has 1 aliphatic rings. The van der Waals surface area contributed by atoms with Gasteiger partial charge < -0.3 is 4.74 Å². The van der Waals surface area contributed by atoms with Crippen LogP contribution in [0, 0.1) is 0 Å². The van der Waals surface area contributed by atoms with Gasteiger partial charge in [0, 0.05) is 21.8 Å². The highest BCUT2D eigenvalue weighted by atomic mass is 35.5. The normalized spacial score (nSPS) is 20.4. The summed E-state index contributed by atoms with van der Waals surface area (Å²) in [6.07, 6.45) is 0.987. The van der Waals surface area contributed by atoms with E-state index >= 15 is 0 Å². The van der Waals surface area contributed by atoms with Crippen molar-refractivity contribution in [3.8, 4) is 0 Å². The molecule has 3 nitrogen and oxygen atoms in total. The fourth-order valence-corrected chi connectivity index (χ4v) is 4.01. The molecule has 1 unspecified atom stereocenters. The van der Waals surface area contributed by atoms with Crippen LogP contribution in [0.5, 0.6) is 0 Å². The number of nitrogens with zero attached hydrogens (tertiary/aromatic N) is 2. The van der Waals surface area contributed by atoms with Gasteiger partial charge in [-0.05, 0) is 12.5 Å². The Balaban J connectivity index is 2.02. The molecule has 1 fully saturated rings. The van der Waals surface area contributed by atoms with E-state index in [2.05, 4.69) is 23.0 Å². The van der Waals surface area contributed by atoms with Gasteiger partial charge in [-0.25, -0.2) is 9.97 Å². The first-order valence-corrected chi connectivity index (χ1v) is 8.28. The zero-order valence-corrected chi connectivity index (χ0v) is 12.4. The van der Waals surface area contributed by atoms with Crippen molar-refractivity contribution in [2.75, 3.05) is 18.1 Å². The van der Waals surface area contributed by atoms with Gasteiger partial charge in [0.15, 0.2) is 5.82 Å². The summed E-state index contributed by atoms with van der Waals surface area (Å²) in [5.74, 6) is 2.68. The van der Waals surface area contributed by atoms with E-state index in [1.54, 1.807) is 11.3 Å². The fraction of sp³-hybridized carbons (Fsp3) is 0.500. The Kier molecular flexibility index (Phi) is 3.75. The van der Waals surface area contributed by atoms with Crippen LogP contribution in [0.2, 0.25) is 5.15 Å². The van der Waals surface area contributed by atoms with Crippen LogP contribution in [0.4, 0.5) is 0 Å². The number of fused-ring (bicyclic) bond motifs is 1. The average molecular weight is 301 g/mol. The molecular formula is C12H13ClN2OS2. The van der Waals surface area contributed by atoms with E-state index in [-0.39, 0.29) is 6.10 Å². The van der Waals surface area contributed by atoms with E-state index in [4.69, 9.17) is 16.3 Å². The van der Waals surface area contributed by atoms with Crippen LogP contribution >= 0.6 is 34.7 Å². The summed E-state index contributed by atoms with van der Waals surface area (Å²) in [5, 5.41) is 1.51. The highest BCUT2D eigenvalue weighted by Gasteiger charge is 2.21. The van der Waals surface area contributed by atoms with Gasteiger partial charge in [0.2, 0.25) is 0 Å². The minimum absolute atomic E-state index is 0.0159. The van der Waals surface area contributed by atoms with Crippen LogP contribution < -0.4 is 0 Å². The first kappa shape index (κ1) is 12.7. The van der Waals surface area contributed by atoms with Crippen LogP contribution in [0.3, 0.4) is 0 Å². The number of ether oxygens (including phenoxy) is 1. The maximum atomic E-state index is 6.24. The molecule has 0 bridgehead atoms. The summed E-state index contributed by atoms with van der Waals surface area (Å²) in [5.41, 5.74) is 0. The molecule has 1 aliphatic heterocycles. The van der Waals surface area contributed by atoms with Gasteiger partial charge in [0.1, 0.15) is 16.1 Å². The van der Waals surface area contributed by atoms with Crippen LogP contribution in [0.25, 0.3) is 10.2 Å². The number of hydrogen-bond acceptors (Lipinski definition) is 5. The molecule has 0 amide bonds. The number of halogens is 1. The standard InChI is InChI=1S/C12H13ClN2OS2/c1-2-7-5-8-10(13)14-11(15-12(8)18-7)9-6-17-4-3-16-9/h5,9H,2-4,6H2,1H3. The molecule has 2 aromatic heterocycles. The van der Waals surface area contributed by atoms with Gasteiger partial charge in [0.05, 0.1) is 6.61 Å². The number of aryl methyl sites for hydroxylation is 1. The van der Waals surface area contributed by atoms with Gasteiger partial charge in [0.25, 0.3) is 0 Å². The molecule has 18 heavy (non-hydrogen) atoms. The van der Waals surface area contributed by atoms with Crippen LogP contribution in [-0.2, 0) is 11.2 Å². The van der Waals surface area contributed by atoms with Crippen molar-refractivity contribution in [2.45, 2.75) is 19.4 Å². The van der Waals surface area contributed by atoms with Gasteiger partial charge in [-0.1, -0.05) is 18.5 Å². The Morgan fingerprint density at radius 2 is 2.39 bits per heavy atom. The van der Waals surface area contributed by atoms with Crippen molar-refractivity contribution in [2.24, 2.45) is 0 Å². The van der Waals surface area contributed by atoms with Gasteiger partial charge in [-0.3, -0.25) is 0 Å². The van der Waals surface area contributed by atoms with Crippen LogP contribution in [-0.4, -0.2) is 28.1 Å². The number of rotatable bonds is 2. The Morgan fingerprint density at radius 3 is 3.11 bits per heavy atom. The molecule has 3 rings (SSSR count). The SMILES string of the molecule is CCc1cc2c(Cl)nc(C3CSCCO3)nc2s1. The second kappa shape index (κ2) is 5.33. The summed E-state index contributed by atoms with van der Waals surface area (Å²) in [6, 6.07) is 2.09. The molecule has 96 valence electrons. The molecule has 0 aliphatic carbocycles. The predicted molar refractivity (Wildman–Crippen MR) is 77.8 cm³/mol. The molecule has 6 heteroatoms. The zero-order chi connectivity index (χ0) is 12.5. The van der Waals surface area contributed by atoms with Crippen molar-refractivity contribution in [1.82, 2.24) is 9.97 Å². The lowest BCUT2D eigenvalue weighted by Gasteiger charge is -2.20. The summed E-state index contributed by atoms with van der Waals surface area (Å²) in [7, 11) is 0. The number of thiophene rings is 1. The minimum Gasteiger partial charge on any atom is -0.368 e. The van der Waals surface area contributed by atoms with Crippen molar-refractivity contribution in [3.05, 3.63) is 21.9 Å². The minimum atomic E-state index is -0.0159. The quantitative estimate of drug-likeness (QED) is 0.792. The summed E-state index contributed by atoms with van der Waals surface area (Å²) in [6.45, 7) is 2.90. The highest BCUT2D eigenvalue weighted by Crippen LogP contribution is 2.32. The Morgan fingerprint density at radius 1 is 1.50 bits per heavy atom. The van der Waals surface area contributed by atoms with Crippen LogP contribution in [0.15, 0.2) is 6.07 Å². The number of hydrogen-bond donors (Lipinski definition) is 0. The number of thioether (sulfide) groups is 1. The molecule has 2 aromatic rings. The second-order valence-corrected chi connectivity index (χ2v) is 6.72. The molecule has 0 radical (unpaired) electrons. The second-order valence-electron chi connectivity index (χ2n) is 4.09. The van der Waals surface area contributed by atoms with Crippen LogP contribution in [0.1, 0.15) is 23.7 Å². The van der Waals surface area contributed by atoms with Crippen molar-refractivity contribution >= 4 is 44.9 Å². The van der Waals surface area contributed by atoms with Gasteiger partial charge in [-0.2, -0.15) is 11.8 Å². The first-order chi connectivity index (χ1) is 8.78. The average Bonchev–Trinajstić information content (AvgIpc) is 2.83. The lowest BCUT2D eigenvalue weighted by Crippen LogP contribution is -2.18. The third kappa shape index (κ3) is 2.37. The summed E-state index contributed by atoms with van der Waals surface area (Å²) < 4.78 is 5.70. The number of aromatic nitrogens is 2. The molecule has 1 atom stereocenters. The van der Waals surface area contributed by atoms with Gasteiger partial charge in [-0.15, -0.1) is 11.3 Å². The first-order valence-electron chi connectivity index (χ1n) is 5.93. The fourth-order valence-electron chi connectivity index (χ4n) is 1.91. The Hall–Kier alpha value is -0.360. The Labute approximate surface area is 119 Å².